The molecule has 0 radical (unpaired) electrons. The molecule has 33 heavy (non-hydrogen) atoms. The maximum absolute atomic E-state index is 13.5. The van der Waals surface area contributed by atoms with Crippen molar-refractivity contribution in [1.82, 2.24) is 5.43 Å². The highest BCUT2D eigenvalue weighted by Crippen LogP contribution is 2.28. The number of sulfonamides is 1. The molecule has 0 saturated heterocycles. The van der Waals surface area contributed by atoms with Crippen molar-refractivity contribution in [2.24, 2.45) is 5.10 Å². The molecular weight excluding hydrogens is 549 g/mol. The Kier molecular flexibility index (Phi) is 7.91. The van der Waals surface area contributed by atoms with Crippen LogP contribution in [0.3, 0.4) is 0 Å². The zero-order valence-corrected chi connectivity index (χ0v) is 21.9. The Hall–Kier alpha value is -2.72. The number of hydrazone groups is 1. The molecule has 0 fully saturated rings. The maximum Gasteiger partial charge on any atom is 0.264 e. The van der Waals surface area contributed by atoms with Gasteiger partial charge in [-0.1, -0.05) is 42.0 Å². The first-order valence-corrected chi connectivity index (χ1v) is 12.9. The highest BCUT2D eigenvalue weighted by atomic mass is 127. The van der Waals surface area contributed by atoms with E-state index in [1.165, 1.54) is 0 Å². The topological polar surface area (TPSA) is 78.8 Å². The molecule has 3 rings (SSSR count). The number of hydrogen-bond acceptors (Lipinski definition) is 4. The summed E-state index contributed by atoms with van der Waals surface area (Å²) >= 11 is 2.21. The number of aryl methyl sites for hydroxylation is 3. The molecule has 0 aliphatic rings. The smallest absolute Gasteiger partial charge is 0.264 e. The Balaban J connectivity index is 1.93. The Bertz CT molecular complexity index is 1300. The van der Waals surface area contributed by atoms with Gasteiger partial charge in [0.1, 0.15) is 6.54 Å². The quantitative estimate of drug-likeness (QED) is 0.246. The molecule has 3 aromatic carbocycles. The summed E-state index contributed by atoms with van der Waals surface area (Å²) in [5, 5.41) is 4.18. The van der Waals surface area contributed by atoms with Crippen molar-refractivity contribution in [1.29, 1.82) is 0 Å². The average molecular weight is 575 g/mol. The van der Waals surface area contributed by atoms with Crippen LogP contribution in [0.5, 0.6) is 0 Å². The van der Waals surface area contributed by atoms with Gasteiger partial charge in [0.05, 0.1) is 16.3 Å². The van der Waals surface area contributed by atoms with Crippen LogP contribution in [-0.4, -0.2) is 26.6 Å². The van der Waals surface area contributed by atoms with Gasteiger partial charge < -0.3 is 0 Å². The first kappa shape index (κ1) is 24.9. The van der Waals surface area contributed by atoms with Gasteiger partial charge in [0.15, 0.2) is 0 Å². The van der Waals surface area contributed by atoms with Gasteiger partial charge >= 0.3 is 0 Å². The van der Waals surface area contributed by atoms with E-state index in [0.717, 1.165) is 30.1 Å². The van der Waals surface area contributed by atoms with Crippen LogP contribution in [0.1, 0.15) is 29.2 Å². The van der Waals surface area contributed by atoms with Crippen molar-refractivity contribution in [3.8, 4) is 0 Å². The van der Waals surface area contributed by atoms with E-state index < -0.39 is 22.5 Å². The second-order valence-corrected chi connectivity index (χ2v) is 11.0. The van der Waals surface area contributed by atoms with E-state index in [9.17, 15) is 13.2 Å². The molecule has 1 amide bonds. The van der Waals surface area contributed by atoms with Crippen LogP contribution in [0.2, 0.25) is 0 Å². The summed E-state index contributed by atoms with van der Waals surface area (Å²) in [7, 11) is -3.98. The van der Waals surface area contributed by atoms with Gasteiger partial charge in [-0.05, 0) is 97.3 Å². The fourth-order valence-corrected chi connectivity index (χ4v) is 5.24. The van der Waals surface area contributed by atoms with E-state index in [2.05, 4.69) is 33.1 Å². The number of anilines is 1. The number of hydrogen-bond donors (Lipinski definition) is 1. The predicted molar refractivity (Wildman–Crippen MR) is 141 cm³/mol. The average Bonchev–Trinajstić information content (AvgIpc) is 2.77. The summed E-state index contributed by atoms with van der Waals surface area (Å²) < 4.78 is 29.3. The van der Waals surface area contributed by atoms with E-state index in [4.69, 9.17) is 0 Å². The first-order valence-electron chi connectivity index (χ1n) is 10.3. The minimum Gasteiger partial charge on any atom is -0.271 e. The van der Waals surface area contributed by atoms with E-state index >= 15 is 0 Å². The molecule has 0 atom stereocenters. The molecule has 0 saturated carbocycles. The monoisotopic (exact) mass is 575 g/mol. The lowest BCUT2D eigenvalue weighted by molar-refractivity contribution is -0.119. The van der Waals surface area contributed by atoms with Crippen LogP contribution in [0, 0.1) is 24.3 Å². The fraction of sp³-hybridized carbons (Fsp3) is 0.200. The second kappa shape index (κ2) is 10.5. The van der Waals surface area contributed by atoms with Crippen LogP contribution in [-0.2, 0) is 14.8 Å². The normalized spacial score (nSPS) is 11.8. The lowest BCUT2D eigenvalue weighted by atomic mass is 10.1. The van der Waals surface area contributed by atoms with Crippen LogP contribution < -0.4 is 9.73 Å². The molecule has 0 bridgehead atoms. The molecule has 0 spiro atoms. The second-order valence-electron chi connectivity index (χ2n) is 7.86. The van der Waals surface area contributed by atoms with E-state index in [1.54, 1.807) is 37.3 Å². The third-order valence-electron chi connectivity index (χ3n) is 5.12. The molecule has 3 aromatic rings. The van der Waals surface area contributed by atoms with Gasteiger partial charge in [0.25, 0.3) is 15.9 Å². The molecule has 0 aliphatic carbocycles. The van der Waals surface area contributed by atoms with Crippen molar-refractivity contribution in [2.75, 3.05) is 10.8 Å². The minimum absolute atomic E-state index is 0.125. The largest absolute Gasteiger partial charge is 0.271 e. The van der Waals surface area contributed by atoms with E-state index in [0.29, 0.717) is 11.4 Å². The summed E-state index contributed by atoms with van der Waals surface area (Å²) in [6, 6.07) is 19.8. The van der Waals surface area contributed by atoms with Gasteiger partial charge in [-0.3, -0.25) is 9.10 Å². The highest BCUT2D eigenvalue weighted by Gasteiger charge is 2.28. The fourth-order valence-electron chi connectivity index (χ4n) is 3.22. The Morgan fingerprint density at radius 3 is 2.30 bits per heavy atom. The Labute approximate surface area is 208 Å². The third-order valence-corrected chi connectivity index (χ3v) is 7.57. The lowest BCUT2D eigenvalue weighted by Gasteiger charge is -2.25. The molecule has 0 unspecified atom stereocenters. The van der Waals surface area contributed by atoms with Crippen molar-refractivity contribution in [3.63, 3.8) is 0 Å². The summed E-state index contributed by atoms with van der Waals surface area (Å²) in [5.74, 6) is -0.531. The SMILES string of the molecule is C/C(=N/NC(=O)CN(c1cc(C)ccc1C)S(=O)(=O)c1ccc(C)cc1)c1cccc(I)c1. The zero-order valence-electron chi connectivity index (χ0n) is 19.0. The standard InChI is InChI=1S/C25H26IN3O3S/c1-17-9-12-23(13-10-17)33(31,32)29(24-14-18(2)8-11-19(24)3)16-25(30)28-27-20(4)21-6-5-7-22(26)15-21/h5-15H,16H2,1-4H3,(H,28,30)/b27-20-. The number of nitrogens with zero attached hydrogens (tertiary/aromatic N) is 2. The molecule has 0 aliphatic heterocycles. The minimum atomic E-state index is -3.98. The number of carbonyl (C=O) groups excluding carboxylic acids is 1. The van der Waals surface area contributed by atoms with Gasteiger partial charge in [-0.25, -0.2) is 13.8 Å². The van der Waals surface area contributed by atoms with E-state index in [1.807, 2.05) is 57.2 Å². The molecule has 0 aromatic heterocycles. The van der Waals surface area contributed by atoms with Gasteiger partial charge in [0.2, 0.25) is 0 Å². The number of carbonyl (C=O) groups is 1. The summed E-state index contributed by atoms with van der Waals surface area (Å²) in [4.78, 5) is 13.0. The van der Waals surface area contributed by atoms with Crippen LogP contribution in [0.15, 0.2) is 76.7 Å². The Morgan fingerprint density at radius 1 is 0.970 bits per heavy atom. The number of amides is 1. The highest BCUT2D eigenvalue weighted by molar-refractivity contribution is 14.1. The molecular formula is C25H26IN3O3S. The van der Waals surface area contributed by atoms with Crippen molar-refractivity contribution >= 4 is 49.9 Å². The number of rotatable bonds is 7. The van der Waals surface area contributed by atoms with Gasteiger partial charge in [0, 0.05) is 3.57 Å². The third kappa shape index (κ3) is 6.20. The Morgan fingerprint density at radius 2 is 1.64 bits per heavy atom. The van der Waals surface area contributed by atoms with Gasteiger partial charge in [-0.2, -0.15) is 5.10 Å². The first-order chi connectivity index (χ1) is 15.6. The summed E-state index contributed by atoms with van der Waals surface area (Å²) in [5.41, 5.74) is 7.07. The summed E-state index contributed by atoms with van der Waals surface area (Å²) in [6.45, 7) is 6.99. The summed E-state index contributed by atoms with van der Waals surface area (Å²) in [6.07, 6.45) is 0. The number of nitrogens with one attached hydrogen (secondary N) is 1. The molecule has 1 N–H and O–H groups in total. The molecule has 6 nitrogen and oxygen atoms in total. The number of benzene rings is 3. The zero-order chi connectivity index (χ0) is 24.2. The van der Waals surface area contributed by atoms with Crippen molar-refractivity contribution < 1.29 is 13.2 Å². The number of halogens is 1. The predicted octanol–water partition coefficient (Wildman–Crippen LogP) is 4.95. The molecule has 8 heteroatoms. The lowest BCUT2D eigenvalue weighted by Crippen LogP contribution is -2.40. The molecule has 0 heterocycles. The van der Waals surface area contributed by atoms with Crippen LogP contribution in [0.4, 0.5) is 5.69 Å². The van der Waals surface area contributed by atoms with Crippen molar-refractivity contribution in [2.45, 2.75) is 32.6 Å². The molecule has 172 valence electrons. The van der Waals surface area contributed by atoms with Crippen molar-refractivity contribution in [3.05, 3.63) is 92.6 Å². The van der Waals surface area contributed by atoms with Gasteiger partial charge in [-0.15, -0.1) is 0 Å². The van der Waals surface area contributed by atoms with Crippen LogP contribution >= 0.6 is 22.6 Å². The maximum atomic E-state index is 13.5. The van der Waals surface area contributed by atoms with Crippen LogP contribution in [0.25, 0.3) is 0 Å². The van der Waals surface area contributed by atoms with E-state index in [-0.39, 0.29) is 4.90 Å².